The number of benzene rings is 3. The van der Waals surface area contributed by atoms with E-state index in [0.29, 0.717) is 19.6 Å². The summed E-state index contributed by atoms with van der Waals surface area (Å²) < 4.78 is 31.9. The van der Waals surface area contributed by atoms with Crippen molar-refractivity contribution in [1.82, 2.24) is 0 Å². The highest BCUT2D eigenvalue weighted by Crippen LogP contribution is 2.53. The number of nitrogens with zero attached hydrogens (tertiary/aromatic N) is 3. The quantitative estimate of drug-likeness (QED) is 0.229. The van der Waals surface area contributed by atoms with Crippen molar-refractivity contribution in [2.45, 2.75) is 20.8 Å². The summed E-state index contributed by atoms with van der Waals surface area (Å²) in [5, 5.41) is 4.54. The number of rotatable bonds is 12. The Morgan fingerprint density at radius 3 is 1.00 bits per heavy atom. The van der Waals surface area contributed by atoms with Gasteiger partial charge in [-0.25, -0.2) is 19.8 Å². The zero-order valence-corrected chi connectivity index (χ0v) is 19.6. The molecule has 0 saturated carbocycles. The number of anilines is 3. The lowest BCUT2D eigenvalue weighted by Crippen LogP contribution is -2.31. The lowest BCUT2D eigenvalue weighted by Gasteiger charge is -2.33. The van der Waals surface area contributed by atoms with Gasteiger partial charge in [-0.3, -0.25) is 0 Å². The fourth-order valence-corrected chi connectivity index (χ4v) is 4.49. The van der Waals surface area contributed by atoms with E-state index in [1.54, 1.807) is 0 Å². The molecule has 0 amide bonds. The highest BCUT2D eigenvalue weighted by atomic mass is 31.2. The third kappa shape index (κ3) is 6.34. The molecule has 3 rings (SSSR count). The topological polar surface area (TPSA) is 54.5 Å². The van der Waals surface area contributed by atoms with Crippen molar-refractivity contribution in [3.05, 3.63) is 91.0 Å². The van der Waals surface area contributed by atoms with Gasteiger partial charge in [0.15, 0.2) is 0 Å². The molecule has 0 fully saturated rings. The summed E-state index contributed by atoms with van der Waals surface area (Å²) in [5.74, 6) is 0. The van der Waals surface area contributed by atoms with Crippen LogP contribution in [0.4, 0.5) is 17.1 Å². The molecule has 0 aliphatic rings. The number of hydrogen-bond acceptors (Lipinski definition) is 7. The fraction of sp³-hybridized carbons (Fsp3) is 0.250. The first-order valence-corrected chi connectivity index (χ1v) is 12.2. The molecular weight excluding hydrogens is 425 g/mol. The van der Waals surface area contributed by atoms with Crippen LogP contribution in [0.3, 0.4) is 0 Å². The largest absolute Gasteiger partial charge is 0.539 e. The van der Waals surface area contributed by atoms with E-state index in [1.807, 2.05) is 112 Å². The molecule has 32 heavy (non-hydrogen) atoms. The van der Waals surface area contributed by atoms with E-state index in [-0.39, 0.29) is 0 Å². The van der Waals surface area contributed by atoms with Gasteiger partial charge in [0.05, 0.1) is 17.1 Å². The zero-order valence-electron chi connectivity index (χ0n) is 18.7. The number of hydroxylamine groups is 3. The molecule has 0 saturated heterocycles. The predicted octanol–water partition coefficient (Wildman–Crippen LogP) is 6.47. The molecule has 8 heteroatoms. The Kier molecular flexibility index (Phi) is 8.71. The molecule has 170 valence electrons. The van der Waals surface area contributed by atoms with E-state index in [1.165, 1.54) is 15.2 Å². The maximum atomic E-state index is 14.0. The molecule has 0 aliphatic carbocycles. The molecule has 0 aromatic heterocycles. The van der Waals surface area contributed by atoms with Crippen LogP contribution >= 0.6 is 7.82 Å². The summed E-state index contributed by atoms with van der Waals surface area (Å²) >= 11 is 0. The zero-order chi connectivity index (χ0) is 22.8. The molecular formula is C24H30N3O4P. The molecule has 0 N–H and O–H groups in total. The van der Waals surface area contributed by atoms with Gasteiger partial charge in [-0.05, 0) is 57.2 Å². The molecule has 0 heterocycles. The van der Waals surface area contributed by atoms with Gasteiger partial charge in [0, 0.05) is 19.6 Å². The van der Waals surface area contributed by atoms with Crippen molar-refractivity contribution < 1.29 is 18.4 Å². The van der Waals surface area contributed by atoms with Gasteiger partial charge in [-0.15, -0.1) is 0 Å². The molecule has 3 aromatic rings. The minimum atomic E-state index is -4.16. The first-order valence-electron chi connectivity index (χ1n) is 10.8. The van der Waals surface area contributed by atoms with Crippen molar-refractivity contribution in [3.8, 4) is 0 Å². The normalized spacial score (nSPS) is 11.2. The van der Waals surface area contributed by atoms with Crippen molar-refractivity contribution in [3.63, 3.8) is 0 Å². The standard InChI is InChI=1S/C24H30N3O4P/c1-4-25(22-16-10-7-11-17-22)29-32(28,30-26(5-2)23-18-12-8-13-19-23)31-27(6-3)24-20-14-9-15-21-24/h7-21H,4-6H2,1-3H3. The number of hydrogen-bond donors (Lipinski definition) is 0. The lowest BCUT2D eigenvalue weighted by atomic mass is 10.3. The lowest BCUT2D eigenvalue weighted by molar-refractivity contribution is 0.0883. The first-order chi connectivity index (χ1) is 15.6. The van der Waals surface area contributed by atoms with Crippen LogP contribution in [0, 0.1) is 0 Å². The van der Waals surface area contributed by atoms with Gasteiger partial charge in [0.2, 0.25) is 0 Å². The van der Waals surface area contributed by atoms with Gasteiger partial charge < -0.3 is 0 Å². The van der Waals surface area contributed by atoms with Crippen LogP contribution in [-0.4, -0.2) is 19.6 Å². The summed E-state index contributed by atoms with van der Waals surface area (Å²) in [4.78, 5) is 0. The van der Waals surface area contributed by atoms with E-state index >= 15 is 0 Å². The molecule has 0 aliphatic heterocycles. The second-order valence-corrected chi connectivity index (χ2v) is 8.17. The molecule has 7 nitrogen and oxygen atoms in total. The molecule has 0 bridgehead atoms. The van der Waals surface area contributed by atoms with Crippen molar-refractivity contribution in [2.75, 3.05) is 34.8 Å². The molecule has 0 atom stereocenters. The third-order valence-corrected chi connectivity index (χ3v) is 5.78. The Labute approximate surface area is 190 Å². The fourth-order valence-electron chi connectivity index (χ4n) is 3.05. The van der Waals surface area contributed by atoms with E-state index < -0.39 is 7.82 Å². The second-order valence-electron chi connectivity index (χ2n) is 6.78. The highest BCUT2D eigenvalue weighted by Gasteiger charge is 2.37. The molecule has 0 spiro atoms. The summed E-state index contributed by atoms with van der Waals surface area (Å²) in [6, 6.07) is 28.3. The summed E-state index contributed by atoms with van der Waals surface area (Å²) in [5.41, 5.74) is 2.23. The van der Waals surface area contributed by atoms with E-state index in [4.69, 9.17) is 13.9 Å². The highest BCUT2D eigenvalue weighted by molar-refractivity contribution is 7.48. The van der Waals surface area contributed by atoms with Crippen LogP contribution in [0.5, 0.6) is 0 Å². The van der Waals surface area contributed by atoms with E-state index in [2.05, 4.69) is 0 Å². The Morgan fingerprint density at radius 2 is 0.781 bits per heavy atom. The van der Waals surface area contributed by atoms with Crippen LogP contribution in [0.2, 0.25) is 0 Å². The first kappa shape index (κ1) is 23.8. The number of phosphoric acid groups is 1. The monoisotopic (exact) mass is 455 g/mol. The van der Waals surface area contributed by atoms with Gasteiger partial charge >= 0.3 is 7.82 Å². The average molecular weight is 455 g/mol. The van der Waals surface area contributed by atoms with Crippen LogP contribution in [-0.2, 0) is 18.4 Å². The average Bonchev–Trinajstić information content (AvgIpc) is 2.86. The predicted molar refractivity (Wildman–Crippen MR) is 129 cm³/mol. The van der Waals surface area contributed by atoms with Crippen LogP contribution in [0.1, 0.15) is 20.8 Å². The Hall–Kier alpha value is -2.83. The molecule has 3 aromatic carbocycles. The van der Waals surface area contributed by atoms with Crippen molar-refractivity contribution >= 4 is 24.9 Å². The van der Waals surface area contributed by atoms with E-state index in [0.717, 1.165) is 17.1 Å². The minimum absolute atomic E-state index is 0.440. The van der Waals surface area contributed by atoms with Gasteiger partial charge in [0.1, 0.15) is 0 Å². The SMILES string of the molecule is CCN(OP(=O)(ON(CC)c1ccccc1)ON(CC)c1ccccc1)c1ccccc1. The van der Waals surface area contributed by atoms with Crippen LogP contribution in [0.25, 0.3) is 0 Å². The van der Waals surface area contributed by atoms with Gasteiger partial charge in [-0.1, -0.05) is 54.6 Å². The maximum Gasteiger partial charge on any atom is 0.539 e. The number of para-hydroxylation sites is 3. The Bertz CT molecular complexity index is 849. The summed E-state index contributed by atoms with van der Waals surface area (Å²) in [7, 11) is -4.16. The summed E-state index contributed by atoms with van der Waals surface area (Å²) in [6.07, 6.45) is 0. The Morgan fingerprint density at radius 1 is 0.531 bits per heavy atom. The van der Waals surface area contributed by atoms with Gasteiger partial charge in [-0.2, -0.15) is 13.9 Å². The molecule has 0 radical (unpaired) electrons. The van der Waals surface area contributed by atoms with Crippen LogP contribution in [0.15, 0.2) is 91.0 Å². The molecule has 0 unspecified atom stereocenters. The summed E-state index contributed by atoms with van der Waals surface area (Å²) in [6.45, 7) is 7.03. The minimum Gasteiger partial charge on any atom is -0.244 e. The third-order valence-electron chi connectivity index (χ3n) is 4.59. The van der Waals surface area contributed by atoms with Crippen molar-refractivity contribution in [1.29, 1.82) is 0 Å². The van der Waals surface area contributed by atoms with Crippen LogP contribution < -0.4 is 15.2 Å². The second kappa shape index (κ2) is 11.7. The Balaban J connectivity index is 1.92. The maximum absolute atomic E-state index is 14.0. The smallest absolute Gasteiger partial charge is 0.244 e. The van der Waals surface area contributed by atoms with Crippen molar-refractivity contribution in [2.24, 2.45) is 0 Å². The van der Waals surface area contributed by atoms with E-state index in [9.17, 15) is 4.57 Å². The van der Waals surface area contributed by atoms with Gasteiger partial charge in [0.25, 0.3) is 0 Å².